The van der Waals surface area contributed by atoms with E-state index in [-0.39, 0.29) is 6.04 Å². The second-order valence-electron chi connectivity index (χ2n) is 4.59. The molecule has 2 aromatic rings. The molecule has 0 aromatic carbocycles. The van der Waals surface area contributed by atoms with E-state index in [0.29, 0.717) is 6.04 Å². The first-order valence-corrected chi connectivity index (χ1v) is 7.22. The molecule has 0 bridgehead atoms. The summed E-state index contributed by atoms with van der Waals surface area (Å²) in [5.74, 6) is 1.97. The molecule has 2 unspecified atom stereocenters. The standard InChI is InChI=1S/C14H20N2OS/c1-5-13(14-15-6-7-18-14)16-10(3)12-8-9(2)17-11(12)4/h6-8,10,13,16H,5H2,1-4H3. The van der Waals surface area contributed by atoms with Crippen LogP contribution < -0.4 is 5.32 Å². The molecule has 0 aliphatic rings. The van der Waals surface area contributed by atoms with E-state index in [9.17, 15) is 0 Å². The van der Waals surface area contributed by atoms with Crippen LogP contribution in [-0.4, -0.2) is 4.98 Å². The van der Waals surface area contributed by atoms with E-state index >= 15 is 0 Å². The molecule has 0 saturated carbocycles. The van der Waals surface area contributed by atoms with E-state index in [1.807, 2.05) is 25.4 Å². The highest BCUT2D eigenvalue weighted by atomic mass is 32.1. The highest BCUT2D eigenvalue weighted by Crippen LogP contribution is 2.26. The first kappa shape index (κ1) is 13.3. The second kappa shape index (κ2) is 5.67. The van der Waals surface area contributed by atoms with Gasteiger partial charge in [0, 0.05) is 23.2 Å². The maximum Gasteiger partial charge on any atom is 0.109 e. The zero-order valence-corrected chi connectivity index (χ0v) is 12.2. The number of aromatic nitrogens is 1. The van der Waals surface area contributed by atoms with Gasteiger partial charge in [0.2, 0.25) is 0 Å². The molecule has 2 rings (SSSR count). The summed E-state index contributed by atoms with van der Waals surface area (Å²) in [5, 5.41) is 6.81. The van der Waals surface area contributed by atoms with E-state index in [1.165, 1.54) is 5.56 Å². The molecule has 2 heterocycles. The first-order valence-electron chi connectivity index (χ1n) is 6.34. The average Bonchev–Trinajstić information content (AvgIpc) is 2.95. The number of rotatable bonds is 5. The molecule has 4 heteroatoms. The third-order valence-corrected chi connectivity index (χ3v) is 4.04. The van der Waals surface area contributed by atoms with Crippen molar-refractivity contribution >= 4 is 11.3 Å². The molecule has 0 radical (unpaired) electrons. The summed E-state index contributed by atoms with van der Waals surface area (Å²) < 4.78 is 5.59. The van der Waals surface area contributed by atoms with Crippen LogP contribution in [0, 0.1) is 13.8 Å². The van der Waals surface area contributed by atoms with Gasteiger partial charge in [-0.1, -0.05) is 6.92 Å². The van der Waals surface area contributed by atoms with Crippen molar-refractivity contribution in [1.82, 2.24) is 10.3 Å². The molecule has 3 nitrogen and oxygen atoms in total. The Bertz CT molecular complexity index is 490. The Morgan fingerprint density at radius 1 is 1.44 bits per heavy atom. The molecule has 2 aromatic heterocycles. The number of furan rings is 1. The number of thiazole rings is 1. The van der Waals surface area contributed by atoms with Crippen molar-refractivity contribution < 1.29 is 4.42 Å². The molecule has 98 valence electrons. The average molecular weight is 264 g/mol. The maximum absolute atomic E-state index is 5.59. The van der Waals surface area contributed by atoms with Gasteiger partial charge >= 0.3 is 0 Å². The normalized spacial score (nSPS) is 14.7. The van der Waals surface area contributed by atoms with Gasteiger partial charge in [0.25, 0.3) is 0 Å². The van der Waals surface area contributed by atoms with E-state index in [0.717, 1.165) is 22.9 Å². The molecule has 0 aliphatic carbocycles. The lowest BCUT2D eigenvalue weighted by molar-refractivity contribution is 0.443. The molecule has 0 aliphatic heterocycles. The Balaban J connectivity index is 2.10. The van der Waals surface area contributed by atoms with Gasteiger partial charge in [0.1, 0.15) is 16.5 Å². The fourth-order valence-corrected chi connectivity index (χ4v) is 3.02. The third kappa shape index (κ3) is 2.82. The van der Waals surface area contributed by atoms with Gasteiger partial charge < -0.3 is 9.73 Å². The zero-order chi connectivity index (χ0) is 13.1. The highest BCUT2D eigenvalue weighted by molar-refractivity contribution is 7.09. The monoisotopic (exact) mass is 264 g/mol. The minimum atomic E-state index is 0.274. The summed E-state index contributed by atoms with van der Waals surface area (Å²) in [5.41, 5.74) is 1.24. The largest absolute Gasteiger partial charge is 0.466 e. The second-order valence-corrected chi connectivity index (χ2v) is 5.51. The Morgan fingerprint density at radius 3 is 2.72 bits per heavy atom. The smallest absolute Gasteiger partial charge is 0.109 e. The van der Waals surface area contributed by atoms with E-state index in [1.54, 1.807) is 11.3 Å². The van der Waals surface area contributed by atoms with Crippen molar-refractivity contribution in [3.63, 3.8) is 0 Å². The Labute approximate surface area is 112 Å². The highest BCUT2D eigenvalue weighted by Gasteiger charge is 2.18. The lowest BCUT2D eigenvalue weighted by Crippen LogP contribution is -2.24. The summed E-state index contributed by atoms with van der Waals surface area (Å²) in [4.78, 5) is 4.39. The number of nitrogens with zero attached hydrogens (tertiary/aromatic N) is 1. The Kier molecular flexibility index (Phi) is 4.19. The van der Waals surface area contributed by atoms with Crippen LogP contribution in [0.15, 0.2) is 22.1 Å². The van der Waals surface area contributed by atoms with Crippen LogP contribution in [0.5, 0.6) is 0 Å². The molecule has 1 N–H and O–H groups in total. The maximum atomic E-state index is 5.59. The number of aryl methyl sites for hydroxylation is 2. The topological polar surface area (TPSA) is 38.1 Å². The van der Waals surface area contributed by atoms with Crippen molar-refractivity contribution in [2.75, 3.05) is 0 Å². The molecule has 0 spiro atoms. The quantitative estimate of drug-likeness (QED) is 0.881. The third-order valence-electron chi connectivity index (χ3n) is 3.15. The first-order chi connectivity index (χ1) is 8.61. The van der Waals surface area contributed by atoms with E-state index in [2.05, 4.69) is 30.2 Å². The molecule has 0 amide bonds. The minimum absolute atomic E-state index is 0.274. The van der Waals surface area contributed by atoms with Crippen molar-refractivity contribution in [2.24, 2.45) is 0 Å². The van der Waals surface area contributed by atoms with E-state index in [4.69, 9.17) is 4.42 Å². The van der Waals surface area contributed by atoms with Gasteiger partial charge in [-0.05, 0) is 33.3 Å². The van der Waals surface area contributed by atoms with Crippen LogP contribution in [0.25, 0.3) is 0 Å². The van der Waals surface area contributed by atoms with Gasteiger partial charge in [-0.2, -0.15) is 0 Å². The van der Waals surface area contributed by atoms with Crippen LogP contribution in [0.4, 0.5) is 0 Å². The molecular formula is C14H20N2OS. The number of hydrogen-bond donors (Lipinski definition) is 1. The Morgan fingerprint density at radius 2 is 2.22 bits per heavy atom. The summed E-state index contributed by atoms with van der Waals surface area (Å²) >= 11 is 1.71. The van der Waals surface area contributed by atoms with Crippen molar-refractivity contribution in [2.45, 2.75) is 46.2 Å². The van der Waals surface area contributed by atoms with Crippen LogP contribution >= 0.6 is 11.3 Å². The van der Waals surface area contributed by atoms with Gasteiger partial charge in [-0.25, -0.2) is 4.98 Å². The van der Waals surface area contributed by atoms with Gasteiger partial charge in [-0.3, -0.25) is 0 Å². The Hall–Kier alpha value is -1.13. The molecular weight excluding hydrogens is 244 g/mol. The van der Waals surface area contributed by atoms with Crippen molar-refractivity contribution in [3.8, 4) is 0 Å². The number of nitrogens with one attached hydrogen (secondary N) is 1. The van der Waals surface area contributed by atoms with Gasteiger partial charge in [0.15, 0.2) is 0 Å². The van der Waals surface area contributed by atoms with Crippen LogP contribution in [0.1, 0.15) is 54.4 Å². The molecule has 2 atom stereocenters. The van der Waals surface area contributed by atoms with E-state index < -0.39 is 0 Å². The zero-order valence-electron chi connectivity index (χ0n) is 11.4. The summed E-state index contributed by atoms with van der Waals surface area (Å²) in [7, 11) is 0. The summed E-state index contributed by atoms with van der Waals surface area (Å²) in [6.07, 6.45) is 2.90. The van der Waals surface area contributed by atoms with Gasteiger partial charge in [-0.15, -0.1) is 11.3 Å². The van der Waals surface area contributed by atoms with Crippen LogP contribution in [0.3, 0.4) is 0 Å². The van der Waals surface area contributed by atoms with Crippen LogP contribution in [0.2, 0.25) is 0 Å². The predicted octanol–water partition coefficient (Wildman–Crippen LogP) is 4.15. The van der Waals surface area contributed by atoms with Gasteiger partial charge in [0.05, 0.1) is 6.04 Å². The predicted molar refractivity (Wildman–Crippen MR) is 74.9 cm³/mol. The fraction of sp³-hybridized carbons (Fsp3) is 0.500. The van der Waals surface area contributed by atoms with Crippen molar-refractivity contribution in [1.29, 1.82) is 0 Å². The SMILES string of the molecule is CCC(NC(C)c1cc(C)oc1C)c1nccs1. The molecule has 0 saturated heterocycles. The summed E-state index contributed by atoms with van der Waals surface area (Å²) in [6.45, 7) is 8.36. The lowest BCUT2D eigenvalue weighted by Gasteiger charge is -2.20. The van der Waals surface area contributed by atoms with Crippen molar-refractivity contribution in [3.05, 3.63) is 39.7 Å². The molecule has 18 heavy (non-hydrogen) atoms. The molecule has 0 fully saturated rings. The fourth-order valence-electron chi connectivity index (χ4n) is 2.24. The summed E-state index contributed by atoms with van der Waals surface area (Å²) in [6, 6.07) is 2.70. The number of hydrogen-bond acceptors (Lipinski definition) is 4. The minimum Gasteiger partial charge on any atom is -0.466 e. The lowest BCUT2D eigenvalue weighted by atomic mass is 10.1. The van der Waals surface area contributed by atoms with Crippen LogP contribution in [-0.2, 0) is 0 Å².